The smallest absolute Gasteiger partial charge is 0.0654 e. The van der Waals surface area contributed by atoms with Crippen LogP contribution in [0.5, 0.6) is 0 Å². The van der Waals surface area contributed by atoms with E-state index in [1.165, 1.54) is 19.3 Å². The van der Waals surface area contributed by atoms with Gasteiger partial charge >= 0.3 is 0 Å². The molecule has 0 saturated carbocycles. The van der Waals surface area contributed by atoms with Crippen molar-refractivity contribution in [1.82, 2.24) is 0 Å². The van der Waals surface area contributed by atoms with Gasteiger partial charge in [0.05, 0.1) is 0 Å². The Balaban J connectivity index is 2.56. The number of hydrogen-bond acceptors (Lipinski definition) is 0. The first-order valence-corrected chi connectivity index (χ1v) is 2.91. The second-order valence-electron chi connectivity index (χ2n) is 1.71. The zero-order valence-corrected chi connectivity index (χ0v) is 5.04. The van der Waals surface area contributed by atoms with Crippen LogP contribution in [0.25, 0.3) is 0 Å². The van der Waals surface area contributed by atoms with Crippen molar-refractivity contribution in [1.29, 1.82) is 0 Å². The third-order valence-electron chi connectivity index (χ3n) is 0.957. The van der Waals surface area contributed by atoms with Gasteiger partial charge in [0.1, 0.15) is 6.58 Å². The second-order valence-corrected chi connectivity index (χ2v) is 1.71. The minimum absolute atomic E-state index is 1.06. The van der Waals surface area contributed by atoms with E-state index in [2.05, 4.69) is 19.6 Å². The largest absolute Gasteiger partial charge is 0.214 e. The van der Waals surface area contributed by atoms with Gasteiger partial charge in [-0.15, -0.1) is 0 Å². The summed E-state index contributed by atoms with van der Waals surface area (Å²) < 4.78 is 0. The Morgan fingerprint density at radius 2 is 2.14 bits per heavy atom. The molecule has 0 aromatic rings. The Morgan fingerprint density at radius 1 is 1.43 bits per heavy atom. The average Bonchev–Trinajstić information content (AvgIpc) is 1.69. The molecule has 0 aliphatic heterocycles. The highest BCUT2D eigenvalue weighted by Gasteiger charge is 1.87. The summed E-state index contributed by atoms with van der Waals surface area (Å²) in [5.41, 5.74) is 0. The summed E-state index contributed by atoms with van der Waals surface area (Å²) in [6, 6.07) is 0. The number of hydrogen-bond donors (Lipinski definition) is 0. The number of unbranched alkanes of at least 4 members (excludes halogenated alkanes) is 3. The normalized spacial score (nSPS) is 8.14. The van der Waals surface area contributed by atoms with E-state index in [4.69, 9.17) is 0 Å². The molecule has 0 rings (SSSR count). The van der Waals surface area contributed by atoms with Crippen molar-refractivity contribution < 1.29 is 0 Å². The molecule has 0 radical (unpaired) electrons. The molecule has 0 fully saturated rings. The van der Waals surface area contributed by atoms with Crippen LogP contribution in [-0.4, -0.2) is 0 Å². The molecule has 7 heavy (non-hydrogen) atoms. The zero-order chi connectivity index (χ0) is 5.54. The Bertz CT molecular complexity index is 37.3. The molecule has 0 aliphatic rings. The number of rotatable bonds is 4. The summed E-state index contributed by atoms with van der Waals surface area (Å²) in [4.78, 5) is 0. The van der Waals surface area contributed by atoms with Gasteiger partial charge in [-0.1, -0.05) is 13.3 Å². The quantitative estimate of drug-likeness (QED) is 0.373. The van der Waals surface area contributed by atoms with Crippen LogP contribution in [0.15, 0.2) is 6.58 Å². The van der Waals surface area contributed by atoms with Gasteiger partial charge in [0, 0.05) is 0 Å². The molecule has 0 aromatic heterocycles. The molecular formula is C7H13+. The van der Waals surface area contributed by atoms with E-state index in [-0.39, 0.29) is 0 Å². The van der Waals surface area contributed by atoms with Gasteiger partial charge in [-0.25, -0.2) is 0 Å². The van der Waals surface area contributed by atoms with E-state index >= 15 is 0 Å². The molecule has 0 spiro atoms. The van der Waals surface area contributed by atoms with Gasteiger partial charge in [-0.05, 0) is 12.8 Å². The third kappa shape index (κ3) is 5.65. The summed E-state index contributed by atoms with van der Waals surface area (Å²) in [6.45, 7) is 5.70. The lowest BCUT2D eigenvalue weighted by Crippen LogP contribution is -1.68. The van der Waals surface area contributed by atoms with E-state index in [1.807, 2.05) is 0 Å². The van der Waals surface area contributed by atoms with E-state index in [0.717, 1.165) is 6.42 Å². The molecule has 40 valence electrons. The third-order valence-corrected chi connectivity index (χ3v) is 0.957. The van der Waals surface area contributed by atoms with E-state index in [1.54, 1.807) is 0 Å². The predicted molar refractivity (Wildman–Crippen MR) is 33.0 cm³/mol. The average molecular weight is 97.2 g/mol. The molecule has 0 N–H and O–H groups in total. The van der Waals surface area contributed by atoms with Crippen LogP contribution < -0.4 is 0 Å². The van der Waals surface area contributed by atoms with Gasteiger partial charge < -0.3 is 0 Å². The Kier molecular flexibility index (Phi) is 5.37. The van der Waals surface area contributed by atoms with Gasteiger partial charge in [-0.2, -0.15) is 0 Å². The lowest BCUT2D eigenvalue weighted by molar-refractivity contribution is 0.723. The highest BCUT2D eigenvalue weighted by Crippen LogP contribution is 1.96. The standard InChI is InChI=1S/C7H13/c1-3-5-7-6-4-2/h1,4-7H2,2H3/q+1. The molecule has 0 nitrogen and oxygen atoms in total. The zero-order valence-electron chi connectivity index (χ0n) is 5.04. The topological polar surface area (TPSA) is 0 Å². The summed E-state index contributed by atoms with van der Waals surface area (Å²) in [7, 11) is 0. The molecule has 0 heteroatoms. The summed E-state index contributed by atoms with van der Waals surface area (Å²) in [5.74, 6) is 0. The molecule has 0 unspecified atom stereocenters. The van der Waals surface area contributed by atoms with E-state index < -0.39 is 0 Å². The van der Waals surface area contributed by atoms with Crippen LogP contribution in [0.4, 0.5) is 0 Å². The van der Waals surface area contributed by atoms with Crippen LogP contribution in [0.3, 0.4) is 0 Å². The van der Waals surface area contributed by atoms with Crippen LogP contribution >= 0.6 is 0 Å². The van der Waals surface area contributed by atoms with Crippen molar-refractivity contribution in [2.45, 2.75) is 32.6 Å². The van der Waals surface area contributed by atoms with Crippen molar-refractivity contribution in [3.63, 3.8) is 0 Å². The van der Waals surface area contributed by atoms with Crippen LogP contribution in [0.2, 0.25) is 0 Å². The van der Waals surface area contributed by atoms with Crippen molar-refractivity contribution >= 4 is 0 Å². The second kappa shape index (κ2) is 5.65. The van der Waals surface area contributed by atoms with Gasteiger partial charge in [-0.3, -0.25) is 0 Å². The maximum atomic E-state index is 3.51. The fourth-order valence-corrected chi connectivity index (χ4v) is 0.500. The molecule has 0 aliphatic carbocycles. The summed E-state index contributed by atoms with van der Waals surface area (Å²) in [5, 5.41) is 0. The minimum Gasteiger partial charge on any atom is -0.0654 e. The Morgan fingerprint density at radius 3 is 2.57 bits per heavy atom. The predicted octanol–water partition coefficient (Wildman–Crippen LogP) is 2.56. The fourth-order valence-electron chi connectivity index (χ4n) is 0.500. The molecule has 0 amide bonds. The maximum absolute atomic E-state index is 3.51. The SMILES string of the molecule is C=[C+]CCCCC. The van der Waals surface area contributed by atoms with Gasteiger partial charge in [0.15, 0.2) is 6.42 Å². The van der Waals surface area contributed by atoms with Crippen LogP contribution in [-0.2, 0) is 0 Å². The van der Waals surface area contributed by atoms with Crippen molar-refractivity contribution in [3.8, 4) is 0 Å². The maximum Gasteiger partial charge on any atom is 0.214 e. The van der Waals surface area contributed by atoms with Crippen molar-refractivity contribution in [2.24, 2.45) is 0 Å². The lowest BCUT2D eigenvalue weighted by atomic mass is 10.2. The van der Waals surface area contributed by atoms with Crippen molar-refractivity contribution in [3.05, 3.63) is 12.7 Å². The van der Waals surface area contributed by atoms with Crippen LogP contribution in [0.1, 0.15) is 32.6 Å². The molecule has 0 bridgehead atoms. The molecule has 0 heterocycles. The fraction of sp³-hybridized carbons (Fsp3) is 0.714. The highest BCUT2D eigenvalue weighted by atomic mass is 13.8. The van der Waals surface area contributed by atoms with Gasteiger partial charge in [0.25, 0.3) is 0 Å². The monoisotopic (exact) mass is 97.1 g/mol. The van der Waals surface area contributed by atoms with Gasteiger partial charge in [0.2, 0.25) is 6.08 Å². The highest BCUT2D eigenvalue weighted by molar-refractivity contribution is 4.53. The van der Waals surface area contributed by atoms with E-state index in [9.17, 15) is 0 Å². The summed E-state index contributed by atoms with van der Waals surface area (Å²) >= 11 is 0. The molecular weight excluding hydrogens is 84.1 g/mol. The number of allylic oxidation sites excluding steroid dienone is 1. The van der Waals surface area contributed by atoms with Crippen molar-refractivity contribution in [2.75, 3.05) is 0 Å². The minimum atomic E-state index is 1.06. The first kappa shape index (κ1) is 6.65. The molecule has 0 saturated heterocycles. The molecule has 0 atom stereocenters. The Labute approximate surface area is 46.2 Å². The first-order valence-electron chi connectivity index (χ1n) is 2.91. The first-order chi connectivity index (χ1) is 3.41. The lowest BCUT2D eigenvalue weighted by Gasteiger charge is -1.81. The van der Waals surface area contributed by atoms with Crippen LogP contribution in [0, 0.1) is 6.08 Å². The van der Waals surface area contributed by atoms with E-state index in [0.29, 0.717) is 0 Å². The Hall–Kier alpha value is -0.350. The summed E-state index contributed by atoms with van der Waals surface area (Å²) in [6.07, 6.45) is 7.80. The molecule has 0 aromatic carbocycles.